The molecule has 4 nitrogen and oxygen atoms in total. The molecule has 0 aromatic rings. The predicted molar refractivity (Wildman–Crippen MR) is 95.9 cm³/mol. The Bertz CT molecular complexity index is 412. The van der Waals surface area contributed by atoms with Crippen molar-refractivity contribution < 1.29 is 0 Å². The number of likely N-dealkylation sites (N-methyl/N-ethyl adjacent to an activating group) is 1. The van der Waals surface area contributed by atoms with Crippen molar-refractivity contribution in [3.63, 3.8) is 0 Å². The highest BCUT2D eigenvalue weighted by molar-refractivity contribution is 5.01. The van der Waals surface area contributed by atoms with Crippen LogP contribution in [0.25, 0.3) is 0 Å². The molecule has 4 unspecified atom stereocenters. The van der Waals surface area contributed by atoms with E-state index in [9.17, 15) is 0 Å². The smallest absolute Gasteiger partial charge is 0.0382 e. The van der Waals surface area contributed by atoms with Gasteiger partial charge in [-0.05, 0) is 66.1 Å². The summed E-state index contributed by atoms with van der Waals surface area (Å²) in [7, 11) is 2.41. The maximum absolute atomic E-state index is 2.90. The van der Waals surface area contributed by atoms with Gasteiger partial charge in [0, 0.05) is 56.4 Å². The second kappa shape index (κ2) is 6.62. The van der Waals surface area contributed by atoms with E-state index >= 15 is 0 Å². The molecule has 0 saturated carbocycles. The van der Waals surface area contributed by atoms with Crippen LogP contribution in [0.4, 0.5) is 0 Å². The van der Waals surface area contributed by atoms with Crippen molar-refractivity contribution >= 4 is 0 Å². The molecule has 0 aromatic carbocycles. The van der Waals surface area contributed by atoms with Gasteiger partial charge in [-0.2, -0.15) is 0 Å². The minimum absolute atomic E-state index is 0.694. The van der Waals surface area contributed by atoms with Gasteiger partial charge in [0.25, 0.3) is 0 Å². The maximum Gasteiger partial charge on any atom is 0.0382 e. The standard InChI is InChI=1S/C19H36N4/c1-15(2)22-13-17-7-5-10-23(17)19(14-22)18-8-11-21-9-4-6-16(21)12-20(18)3/h15-19H,4-14H2,1-3H3. The first-order valence-corrected chi connectivity index (χ1v) is 10.1. The number of hydrogen-bond acceptors (Lipinski definition) is 4. The topological polar surface area (TPSA) is 13.0 Å². The van der Waals surface area contributed by atoms with E-state index in [2.05, 4.69) is 40.5 Å². The molecule has 4 aliphatic rings. The molecule has 4 aliphatic heterocycles. The number of hydrogen-bond donors (Lipinski definition) is 0. The van der Waals surface area contributed by atoms with Crippen molar-refractivity contribution in [3.8, 4) is 0 Å². The molecule has 0 spiro atoms. The summed E-state index contributed by atoms with van der Waals surface area (Å²) in [6.45, 7) is 12.7. The second-order valence-corrected chi connectivity index (χ2v) is 8.78. The maximum atomic E-state index is 2.90. The van der Waals surface area contributed by atoms with Crippen LogP contribution in [0.15, 0.2) is 0 Å². The van der Waals surface area contributed by atoms with Gasteiger partial charge in [-0.25, -0.2) is 0 Å². The van der Waals surface area contributed by atoms with Crippen molar-refractivity contribution in [2.24, 2.45) is 0 Å². The molecule has 0 aromatic heterocycles. The third-order valence-electron chi connectivity index (χ3n) is 7.17. The average molecular weight is 321 g/mol. The lowest BCUT2D eigenvalue weighted by atomic mass is 9.96. The molecule has 0 bridgehead atoms. The first-order chi connectivity index (χ1) is 11.1. The minimum atomic E-state index is 0.694. The lowest BCUT2D eigenvalue weighted by molar-refractivity contribution is -0.00695. The summed E-state index contributed by atoms with van der Waals surface area (Å²) in [6.07, 6.45) is 7.05. The van der Waals surface area contributed by atoms with Crippen LogP contribution in [0.3, 0.4) is 0 Å². The highest BCUT2D eigenvalue weighted by Crippen LogP contribution is 2.32. The van der Waals surface area contributed by atoms with Crippen molar-refractivity contribution in [2.75, 3.05) is 46.3 Å². The van der Waals surface area contributed by atoms with Crippen LogP contribution in [0, 0.1) is 0 Å². The van der Waals surface area contributed by atoms with Gasteiger partial charge in [0.2, 0.25) is 0 Å². The van der Waals surface area contributed by atoms with Gasteiger partial charge in [-0.1, -0.05) is 0 Å². The summed E-state index contributed by atoms with van der Waals surface area (Å²) in [5.41, 5.74) is 0. The molecule has 0 aliphatic carbocycles. The van der Waals surface area contributed by atoms with Crippen molar-refractivity contribution in [3.05, 3.63) is 0 Å². The lowest BCUT2D eigenvalue weighted by Gasteiger charge is -2.49. The van der Waals surface area contributed by atoms with Crippen molar-refractivity contribution in [1.29, 1.82) is 0 Å². The number of fused-ring (bicyclic) bond motifs is 2. The largest absolute Gasteiger partial charge is 0.300 e. The molecule has 4 fully saturated rings. The van der Waals surface area contributed by atoms with Crippen LogP contribution in [0.2, 0.25) is 0 Å². The fraction of sp³-hybridized carbons (Fsp3) is 1.00. The monoisotopic (exact) mass is 320 g/mol. The molecule has 4 atom stereocenters. The first kappa shape index (κ1) is 16.3. The Labute approximate surface area is 142 Å². The van der Waals surface area contributed by atoms with E-state index in [-0.39, 0.29) is 0 Å². The van der Waals surface area contributed by atoms with Crippen LogP contribution in [-0.2, 0) is 0 Å². The summed E-state index contributed by atoms with van der Waals surface area (Å²) in [4.78, 5) is 11.2. The minimum Gasteiger partial charge on any atom is -0.300 e. The average Bonchev–Trinajstić information content (AvgIpc) is 3.13. The number of nitrogens with zero attached hydrogens (tertiary/aromatic N) is 4. The molecule has 0 radical (unpaired) electrons. The first-order valence-electron chi connectivity index (χ1n) is 10.1. The highest BCUT2D eigenvalue weighted by atomic mass is 15.4. The highest BCUT2D eigenvalue weighted by Gasteiger charge is 2.44. The SMILES string of the molecule is CC(C)N1CC2CCCN2C(C2CCN3CCCC3CN2C)C1. The molecule has 23 heavy (non-hydrogen) atoms. The van der Waals surface area contributed by atoms with E-state index < -0.39 is 0 Å². The van der Waals surface area contributed by atoms with Gasteiger partial charge < -0.3 is 4.90 Å². The Morgan fingerprint density at radius 1 is 0.783 bits per heavy atom. The third-order valence-corrected chi connectivity index (χ3v) is 7.17. The molecule has 132 valence electrons. The Kier molecular flexibility index (Phi) is 4.70. The molecular weight excluding hydrogens is 284 g/mol. The van der Waals surface area contributed by atoms with Gasteiger partial charge in [0.15, 0.2) is 0 Å². The Balaban J connectivity index is 1.52. The summed E-state index contributed by atoms with van der Waals surface area (Å²) >= 11 is 0. The number of piperazine rings is 1. The van der Waals surface area contributed by atoms with E-state index in [1.54, 1.807) is 0 Å². The van der Waals surface area contributed by atoms with Crippen molar-refractivity contribution in [2.45, 2.75) is 76.2 Å². The quantitative estimate of drug-likeness (QED) is 0.768. The fourth-order valence-electron chi connectivity index (χ4n) is 5.81. The Morgan fingerprint density at radius 3 is 2.39 bits per heavy atom. The third kappa shape index (κ3) is 3.08. The van der Waals surface area contributed by atoms with E-state index in [0.717, 1.165) is 24.2 Å². The zero-order valence-electron chi connectivity index (χ0n) is 15.5. The molecule has 4 heteroatoms. The summed E-state index contributed by atoms with van der Waals surface area (Å²) < 4.78 is 0. The van der Waals surface area contributed by atoms with Crippen LogP contribution in [0.1, 0.15) is 46.0 Å². The molecule has 0 amide bonds. The van der Waals surface area contributed by atoms with Gasteiger partial charge in [0.1, 0.15) is 0 Å². The lowest BCUT2D eigenvalue weighted by Crippen LogP contribution is -2.64. The van der Waals surface area contributed by atoms with Gasteiger partial charge in [0.05, 0.1) is 0 Å². The summed E-state index contributed by atoms with van der Waals surface area (Å²) in [5.74, 6) is 0. The van der Waals surface area contributed by atoms with Crippen LogP contribution in [0.5, 0.6) is 0 Å². The molecule has 4 saturated heterocycles. The molecular formula is C19H36N4. The molecule has 0 N–H and O–H groups in total. The van der Waals surface area contributed by atoms with Crippen LogP contribution in [-0.4, -0.2) is 96.1 Å². The number of rotatable bonds is 2. The van der Waals surface area contributed by atoms with Crippen LogP contribution < -0.4 is 0 Å². The van der Waals surface area contributed by atoms with E-state index in [4.69, 9.17) is 0 Å². The Morgan fingerprint density at radius 2 is 1.57 bits per heavy atom. The van der Waals surface area contributed by atoms with Gasteiger partial charge in [-0.15, -0.1) is 0 Å². The second-order valence-electron chi connectivity index (χ2n) is 8.78. The van der Waals surface area contributed by atoms with E-state index in [1.807, 2.05) is 0 Å². The van der Waals surface area contributed by atoms with Gasteiger partial charge >= 0.3 is 0 Å². The van der Waals surface area contributed by atoms with E-state index in [0.29, 0.717) is 6.04 Å². The summed E-state index contributed by atoms with van der Waals surface area (Å²) in [5, 5.41) is 0. The Hall–Kier alpha value is -0.160. The molecule has 4 heterocycles. The van der Waals surface area contributed by atoms with Gasteiger partial charge in [-0.3, -0.25) is 14.7 Å². The zero-order valence-corrected chi connectivity index (χ0v) is 15.5. The zero-order chi connectivity index (χ0) is 16.0. The molecule has 4 rings (SSSR count). The fourth-order valence-corrected chi connectivity index (χ4v) is 5.81. The summed E-state index contributed by atoms with van der Waals surface area (Å²) in [6, 6.07) is 3.86. The van der Waals surface area contributed by atoms with E-state index in [1.165, 1.54) is 71.4 Å². The normalized spacial score (nSPS) is 41.2. The van der Waals surface area contributed by atoms with Crippen LogP contribution >= 0.6 is 0 Å². The van der Waals surface area contributed by atoms with Crippen molar-refractivity contribution in [1.82, 2.24) is 19.6 Å². The predicted octanol–water partition coefficient (Wildman–Crippen LogP) is 1.71.